The Morgan fingerprint density at radius 2 is 1.83 bits per heavy atom. The molecule has 1 atom stereocenters. The molecule has 0 radical (unpaired) electrons. The summed E-state index contributed by atoms with van der Waals surface area (Å²) in [6.07, 6.45) is 1.55. The van der Waals surface area contributed by atoms with Gasteiger partial charge < -0.3 is 14.6 Å². The van der Waals surface area contributed by atoms with E-state index in [4.69, 9.17) is 16.7 Å². The number of esters is 2. The Labute approximate surface area is 112 Å². The average Bonchev–Trinajstić information content (AvgIpc) is 2.27. The van der Waals surface area contributed by atoms with Crippen molar-refractivity contribution < 1.29 is 24.2 Å². The van der Waals surface area contributed by atoms with Crippen molar-refractivity contribution in [2.75, 3.05) is 6.61 Å². The summed E-state index contributed by atoms with van der Waals surface area (Å²) in [4.78, 5) is 20.0. The summed E-state index contributed by atoms with van der Waals surface area (Å²) >= 11 is 4.76. The number of hydrogen-bond donors (Lipinski definition) is 1. The van der Waals surface area contributed by atoms with Crippen LogP contribution in [-0.2, 0) is 19.1 Å². The normalized spacial score (nSPS) is 9.11. The summed E-state index contributed by atoms with van der Waals surface area (Å²) in [6, 6.07) is 0. The fourth-order valence-corrected chi connectivity index (χ4v) is 0.379. The van der Waals surface area contributed by atoms with Crippen LogP contribution < -0.4 is 0 Å². The van der Waals surface area contributed by atoms with E-state index in [0.717, 1.165) is 12.3 Å². The van der Waals surface area contributed by atoms with Gasteiger partial charge in [-0.15, -0.1) is 0 Å². The van der Waals surface area contributed by atoms with E-state index in [1.807, 2.05) is 0 Å². The van der Waals surface area contributed by atoms with Gasteiger partial charge in [0.15, 0.2) is 0 Å². The maximum atomic E-state index is 10.3. The molecule has 0 aromatic rings. The molecule has 1 unspecified atom stereocenters. The van der Waals surface area contributed by atoms with Crippen molar-refractivity contribution in [3.05, 3.63) is 37.6 Å². The van der Waals surface area contributed by atoms with Crippen molar-refractivity contribution in [3.8, 4) is 0 Å². The van der Waals surface area contributed by atoms with Gasteiger partial charge in [0, 0.05) is 13.0 Å². The Morgan fingerprint density at radius 3 is 2.00 bits per heavy atom. The zero-order valence-corrected chi connectivity index (χ0v) is 11.4. The lowest BCUT2D eigenvalue weighted by atomic mass is 10.4. The van der Waals surface area contributed by atoms with E-state index in [2.05, 4.69) is 29.2 Å². The van der Waals surface area contributed by atoms with E-state index in [-0.39, 0.29) is 12.6 Å². The number of ether oxygens (including phenoxy) is 2. The van der Waals surface area contributed by atoms with Crippen LogP contribution in [0.1, 0.15) is 13.8 Å². The standard InChI is InChI=1S/C6H10O3.C4H6O2.C2H3Cl/c1-3-6(8)9-4-5(2)7;1-3-6-4(2)5;1-2-3/h3,5,7H,1,4H2,2H3;3H,1H2,2H3;2H,1H2. The summed E-state index contributed by atoms with van der Waals surface area (Å²) in [5, 5.41) is 8.59. The topological polar surface area (TPSA) is 72.8 Å². The van der Waals surface area contributed by atoms with Crippen LogP contribution in [0.4, 0.5) is 0 Å². The second kappa shape index (κ2) is 17.8. The average molecular weight is 279 g/mol. The van der Waals surface area contributed by atoms with E-state index in [9.17, 15) is 9.59 Å². The molecule has 0 aromatic heterocycles. The van der Waals surface area contributed by atoms with Crippen molar-refractivity contribution in [1.29, 1.82) is 0 Å². The number of aliphatic hydroxyl groups is 1. The molecule has 0 fully saturated rings. The van der Waals surface area contributed by atoms with Crippen LogP contribution >= 0.6 is 11.6 Å². The summed E-state index contributed by atoms with van der Waals surface area (Å²) in [6.45, 7) is 12.4. The lowest BCUT2D eigenvalue weighted by Crippen LogP contribution is -2.13. The van der Waals surface area contributed by atoms with Crippen LogP contribution in [0.25, 0.3) is 0 Å². The maximum absolute atomic E-state index is 10.3. The third kappa shape index (κ3) is 36.6. The van der Waals surface area contributed by atoms with Crippen molar-refractivity contribution in [2.24, 2.45) is 0 Å². The number of rotatable bonds is 4. The predicted octanol–water partition coefficient (Wildman–Crippen LogP) is 2.16. The SMILES string of the molecule is C=CC(=O)OCC(C)O.C=CCl.C=COC(C)=O. The van der Waals surface area contributed by atoms with E-state index in [0.29, 0.717) is 0 Å². The van der Waals surface area contributed by atoms with E-state index in [1.165, 1.54) is 19.4 Å². The lowest BCUT2D eigenvalue weighted by Gasteiger charge is -2.02. The number of halogens is 1. The zero-order valence-electron chi connectivity index (χ0n) is 10.6. The Kier molecular flexibility index (Phi) is 21.4. The maximum Gasteiger partial charge on any atom is 0.330 e. The molecule has 0 amide bonds. The van der Waals surface area contributed by atoms with Gasteiger partial charge in [0.05, 0.1) is 12.4 Å². The number of carbonyl (C=O) groups excluding carboxylic acids is 2. The highest BCUT2D eigenvalue weighted by Gasteiger charge is 1.98. The van der Waals surface area contributed by atoms with Crippen molar-refractivity contribution in [3.63, 3.8) is 0 Å². The van der Waals surface area contributed by atoms with Crippen molar-refractivity contribution >= 4 is 23.5 Å². The fraction of sp³-hybridized carbons (Fsp3) is 0.333. The highest BCUT2D eigenvalue weighted by molar-refractivity contribution is 6.25. The molecule has 0 aliphatic carbocycles. The minimum absolute atomic E-state index is 0.0326. The molecule has 0 bridgehead atoms. The molecule has 1 N–H and O–H groups in total. The Bertz CT molecular complexity index is 261. The molecule has 5 nitrogen and oxygen atoms in total. The highest BCUT2D eigenvalue weighted by atomic mass is 35.5. The number of aliphatic hydroxyl groups excluding tert-OH is 1. The van der Waals surface area contributed by atoms with Gasteiger partial charge >= 0.3 is 11.9 Å². The van der Waals surface area contributed by atoms with Gasteiger partial charge in [0.2, 0.25) is 0 Å². The van der Waals surface area contributed by atoms with Crippen molar-refractivity contribution in [1.82, 2.24) is 0 Å². The minimum atomic E-state index is -0.603. The molecule has 0 saturated heterocycles. The van der Waals surface area contributed by atoms with Gasteiger partial charge in [0.1, 0.15) is 6.61 Å². The molecule has 0 rings (SSSR count). The Morgan fingerprint density at radius 1 is 1.39 bits per heavy atom. The third-order valence-corrected chi connectivity index (χ3v) is 0.883. The second-order valence-corrected chi connectivity index (χ2v) is 2.92. The highest BCUT2D eigenvalue weighted by Crippen LogP contribution is 1.83. The summed E-state index contributed by atoms with van der Waals surface area (Å²) in [5.41, 5.74) is 1.22. The van der Waals surface area contributed by atoms with Gasteiger partial charge in [0.25, 0.3) is 0 Å². The van der Waals surface area contributed by atoms with Gasteiger partial charge in [-0.2, -0.15) is 0 Å². The van der Waals surface area contributed by atoms with E-state index < -0.39 is 12.1 Å². The van der Waals surface area contributed by atoms with Gasteiger partial charge in [-0.05, 0) is 12.5 Å². The smallest absolute Gasteiger partial charge is 0.330 e. The van der Waals surface area contributed by atoms with Crippen LogP contribution in [0.15, 0.2) is 37.6 Å². The molecular formula is C12H19ClO5. The fourth-order valence-electron chi connectivity index (χ4n) is 0.379. The first-order chi connectivity index (χ1) is 8.35. The molecule has 18 heavy (non-hydrogen) atoms. The molecule has 0 spiro atoms. The first-order valence-electron chi connectivity index (χ1n) is 4.82. The molecule has 104 valence electrons. The van der Waals surface area contributed by atoms with Crippen LogP contribution in [0.2, 0.25) is 0 Å². The molecule has 0 aliphatic heterocycles. The zero-order chi connectivity index (χ0) is 15.0. The largest absolute Gasteiger partial charge is 0.460 e. The predicted molar refractivity (Wildman–Crippen MR) is 70.8 cm³/mol. The molecule has 0 heterocycles. The van der Waals surface area contributed by atoms with E-state index in [1.54, 1.807) is 0 Å². The number of hydrogen-bond acceptors (Lipinski definition) is 5. The molecule has 6 heteroatoms. The third-order valence-electron chi connectivity index (χ3n) is 0.883. The Balaban J connectivity index is -0.000000216. The van der Waals surface area contributed by atoms with Crippen LogP contribution in [0.3, 0.4) is 0 Å². The van der Waals surface area contributed by atoms with Crippen LogP contribution in [0.5, 0.6) is 0 Å². The lowest BCUT2D eigenvalue weighted by molar-refractivity contribution is -0.140. The Hall–Kier alpha value is -1.59. The van der Waals surface area contributed by atoms with Gasteiger partial charge in [-0.3, -0.25) is 4.79 Å². The van der Waals surface area contributed by atoms with Crippen LogP contribution in [-0.4, -0.2) is 29.8 Å². The van der Waals surface area contributed by atoms with Gasteiger partial charge in [-0.25, -0.2) is 4.79 Å². The monoisotopic (exact) mass is 278 g/mol. The first-order valence-corrected chi connectivity index (χ1v) is 5.25. The molecular weight excluding hydrogens is 260 g/mol. The second-order valence-electron chi connectivity index (χ2n) is 2.61. The van der Waals surface area contributed by atoms with E-state index >= 15 is 0 Å². The minimum Gasteiger partial charge on any atom is -0.460 e. The number of carbonyl (C=O) groups is 2. The molecule has 0 aliphatic rings. The van der Waals surface area contributed by atoms with Crippen LogP contribution in [0, 0.1) is 0 Å². The molecule has 0 saturated carbocycles. The summed E-state index contributed by atoms with van der Waals surface area (Å²) in [7, 11) is 0. The first kappa shape index (κ1) is 21.7. The van der Waals surface area contributed by atoms with Gasteiger partial charge in [-0.1, -0.05) is 31.3 Å². The quantitative estimate of drug-likeness (QED) is 0.485. The summed E-state index contributed by atoms with van der Waals surface area (Å²) in [5.74, 6) is -0.832. The molecule has 0 aromatic carbocycles. The van der Waals surface area contributed by atoms with Crippen molar-refractivity contribution in [2.45, 2.75) is 20.0 Å². The summed E-state index contributed by atoms with van der Waals surface area (Å²) < 4.78 is 8.61.